The average molecular weight is 319 g/mol. The van der Waals surface area contributed by atoms with Gasteiger partial charge >= 0.3 is 6.09 Å². The van der Waals surface area contributed by atoms with Crippen LogP contribution in [0.5, 0.6) is 0 Å². The van der Waals surface area contributed by atoms with Gasteiger partial charge in [0.15, 0.2) is 0 Å². The van der Waals surface area contributed by atoms with Gasteiger partial charge in [-0.3, -0.25) is 0 Å². The van der Waals surface area contributed by atoms with Gasteiger partial charge in [-0.2, -0.15) is 0 Å². The van der Waals surface area contributed by atoms with Gasteiger partial charge in [0.2, 0.25) is 0 Å². The van der Waals surface area contributed by atoms with Gasteiger partial charge < -0.3 is 14.4 Å². The first-order chi connectivity index (χ1) is 10.6. The average Bonchev–Trinajstić information content (AvgIpc) is 2.46. The van der Waals surface area contributed by atoms with Crippen LogP contribution in [0.25, 0.3) is 0 Å². The summed E-state index contributed by atoms with van der Waals surface area (Å²) in [5.74, 6) is 0. The molecule has 0 aromatic carbocycles. The van der Waals surface area contributed by atoms with Crippen molar-refractivity contribution in [3.05, 3.63) is 36.0 Å². The second kappa shape index (κ2) is 7.62. The number of hydrogen-bond acceptors (Lipinski definition) is 3. The van der Waals surface area contributed by atoms with E-state index in [-0.39, 0.29) is 6.09 Å². The number of nitrogens with zero attached hydrogens (tertiary/aromatic N) is 1. The minimum absolute atomic E-state index is 0.314. The highest BCUT2D eigenvalue weighted by Crippen LogP contribution is 2.40. The Kier molecular flexibility index (Phi) is 6.37. The van der Waals surface area contributed by atoms with Crippen molar-refractivity contribution in [1.82, 2.24) is 4.90 Å². The van der Waals surface area contributed by atoms with Crippen LogP contribution in [0.2, 0.25) is 0 Å². The van der Waals surface area contributed by atoms with E-state index in [9.17, 15) is 9.59 Å². The first kappa shape index (κ1) is 19.2. The Hall–Kier alpha value is -1.84. The van der Waals surface area contributed by atoms with Crippen molar-refractivity contribution >= 4 is 12.4 Å². The second-order valence-electron chi connectivity index (χ2n) is 7.13. The maximum atomic E-state index is 12.2. The second-order valence-corrected chi connectivity index (χ2v) is 7.13. The number of likely N-dealkylation sites (tertiary alicyclic amines) is 1. The molecule has 1 fully saturated rings. The summed E-state index contributed by atoms with van der Waals surface area (Å²) in [5.41, 5.74) is 0.768. The van der Waals surface area contributed by atoms with E-state index in [0.717, 1.165) is 17.4 Å². The fraction of sp³-hybridized carbons (Fsp3) is 0.579. The fourth-order valence-electron chi connectivity index (χ4n) is 2.79. The van der Waals surface area contributed by atoms with Gasteiger partial charge in [0.1, 0.15) is 11.9 Å². The lowest BCUT2D eigenvalue weighted by Gasteiger charge is -2.40. The molecule has 0 aromatic heterocycles. The van der Waals surface area contributed by atoms with Crippen LogP contribution < -0.4 is 0 Å². The molecule has 0 spiro atoms. The molecule has 0 N–H and O–H groups in total. The molecule has 1 rings (SSSR count). The first-order valence-electron chi connectivity index (χ1n) is 8.09. The largest absolute Gasteiger partial charge is 0.444 e. The Bertz CT molecular complexity index is 515. The highest BCUT2D eigenvalue weighted by molar-refractivity contribution is 5.71. The number of allylic oxidation sites excluding steroid dienone is 5. The minimum Gasteiger partial charge on any atom is -0.444 e. The maximum absolute atomic E-state index is 12.2. The van der Waals surface area contributed by atoms with E-state index in [1.165, 1.54) is 0 Å². The van der Waals surface area contributed by atoms with Gasteiger partial charge in [-0.05, 0) is 53.0 Å². The van der Waals surface area contributed by atoms with Gasteiger partial charge in [0.05, 0.1) is 5.41 Å². The van der Waals surface area contributed by atoms with Crippen LogP contribution in [0.4, 0.5) is 4.79 Å². The lowest BCUT2D eigenvalue weighted by molar-refractivity contribution is -0.116. The Morgan fingerprint density at radius 1 is 1.26 bits per heavy atom. The molecule has 1 aliphatic rings. The Balaban J connectivity index is 2.90. The summed E-state index contributed by atoms with van der Waals surface area (Å²) in [7, 11) is 0. The van der Waals surface area contributed by atoms with Crippen LogP contribution in [0.3, 0.4) is 0 Å². The van der Waals surface area contributed by atoms with Crippen molar-refractivity contribution in [2.45, 2.75) is 53.1 Å². The molecule has 1 amide bonds. The van der Waals surface area contributed by atoms with Crippen LogP contribution in [0.15, 0.2) is 36.0 Å². The van der Waals surface area contributed by atoms with Crippen molar-refractivity contribution < 1.29 is 14.3 Å². The van der Waals surface area contributed by atoms with Gasteiger partial charge in [-0.1, -0.05) is 30.4 Å². The van der Waals surface area contributed by atoms with E-state index in [0.29, 0.717) is 25.9 Å². The maximum Gasteiger partial charge on any atom is 0.410 e. The summed E-state index contributed by atoms with van der Waals surface area (Å²) in [4.78, 5) is 25.7. The Labute approximate surface area is 139 Å². The third kappa shape index (κ3) is 5.08. The van der Waals surface area contributed by atoms with Crippen LogP contribution in [0, 0.1) is 5.41 Å². The smallest absolute Gasteiger partial charge is 0.410 e. The standard InChI is InChI=1S/C19H29NO3/c1-7-8-9-16(15(2)3)19(14-21)10-12-20(13-11-19)17(22)23-18(4,5)6/h7-9,14H,2,10-13H2,1,3-6H3. The minimum atomic E-state index is -0.566. The summed E-state index contributed by atoms with van der Waals surface area (Å²) >= 11 is 0. The van der Waals surface area contributed by atoms with Crippen molar-refractivity contribution in [2.24, 2.45) is 5.41 Å². The molecule has 0 bridgehead atoms. The number of rotatable bonds is 4. The molecular formula is C19H29NO3. The van der Waals surface area contributed by atoms with Crippen molar-refractivity contribution in [1.29, 1.82) is 0 Å². The van der Waals surface area contributed by atoms with Gasteiger partial charge in [0, 0.05) is 13.1 Å². The van der Waals surface area contributed by atoms with Crippen LogP contribution in [-0.4, -0.2) is 36.0 Å². The predicted octanol–water partition coefficient (Wildman–Crippen LogP) is 4.28. The highest BCUT2D eigenvalue weighted by Gasteiger charge is 2.39. The summed E-state index contributed by atoms with van der Waals surface area (Å²) in [6, 6.07) is 0. The number of aldehydes is 1. The normalized spacial score (nSPS) is 18.8. The van der Waals surface area contributed by atoms with Crippen molar-refractivity contribution in [2.75, 3.05) is 13.1 Å². The highest BCUT2D eigenvalue weighted by atomic mass is 16.6. The van der Waals surface area contributed by atoms with E-state index in [2.05, 4.69) is 6.58 Å². The SMILES string of the molecule is C=C(C)C(=CC=CC)C1(C=O)CCN(C(=O)OC(C)(C)C)CC1. The third-order valence-electron chi connectivity index (χ3n) is 3.98. The number of piperidine rings is 1. The quantitative estimate of drug-likeness (QED) is 0.574. The van der Waals surface area contributed by atoms with Gasteiger partial charge in [0.25, 0.3) is 0 Å². The number of carbonyl (C=O) groups is 2. The van der Waals surface area contributed by atoms with Crippen molar-refractivity contribution in [3.8, 4) is 0 Å². The number of ether oxygens (including phenoxy) is 1. The zero-order valence-electron chi connectivity index (χ0n) is 15.0. The first-order valence-corrected chi connectivity index (χ1v) is 8.09. The summed E-state index contributed by atoms with van der Waals surface area (Å²) in [5, 5.41) is 0. The number of amides is 1. The van der Waals surface area contributed by atoms with Crippen LogP contribution >= 0.6 is 0 Å². The van der Waals surface area contributed by atoms with Crippen molar-refractivity contribution in [3.63, 3.8) is 0 Å². The zero-order valence-corrected chi connectivity index (χ0v) is 15.0. The molecule has 1 aliphatic heterocycles. The summed E-state index contributed by atoms with van der Waals surface area (Å²) in [6.45, 7) is 14.4. The molecular weight excluding hydrogens is 290 g/mol. The monoisotopic (exact) mass is 319 g/mol. The molecule has 23 heavy (non-hydrogen) atoms. The third-order valence-corrected chi connectivity index (χ3v) is 3.98. The fourth-order valence-corrected chi connectivity index (χ4v) is 2.79. The molecule has 0 atom stereocenters. The van der Waals surface area contributed by atoms with Crippen LogP contribution in [-0.2, 0) is 9.53 Å². The molecule has 0 aliphatic carbocycles. The van der Waals surface area contributed by atoms with E-state index < -0.39 is 11.0 Å². The summed E-state index contributed by atoms with van der Waals surface area (Å²) in [6.07, 6.45) is 7.69. The zero-order chi connectivity index (χ0) is 17.7. The van der Waals surface area contributed by atoms with E-state index in [1.54, 1.807) is 4.90 Å². The van der Waals surface area contributed by atoms with Crippen LogP contribution in [0.1, 0.15) is 47.5 Å². The Morgan fingerprint density at radius 3 is 2.22 bits per heavy atom. The number of hydrogen-bond donors (Lipinski definition) is 0. The molecule has 1 saturated heterocycles. The molecule has 128 valence electrons. The van der Waals surface area contributed by atoms with E-state index >= 15 is 0 Å². The van der Waals surface area contributed by atoms with Gasteiger partial charge in [-0.25, -0.2) is 4.79 Å². The topological polar surface area (TPSA) is 46.6 Å². The molecule has 4 nitrogen and oxygen atoms in total. The van der Waals surface area contributed by atoms with Gasteiger partial charge in [-0.15, -0.1) is 0 Å². The lowest BCUT2D eigenvalue weighted by Crippen LogP contribution is -2.46. The lowest BCUT2D eigenvalue weighted by atomic mass is 9.71. The van der Waals surface area contributed by atoms with E-state index in [4.69, 9.17) is 4.74 Å². The molecule has 1 heterocycles. The molecule has 0 aromatic rings. The van der Waals surface area contributed by atoms with E-state index in [1.807, 2.05) is 52.8 Å². The molecule has 0 radical (unpaired) electrons. The Morgan fingerprint density at radius 2 is 1.83 bits per heavy atom. The molecule has 0 unspecified atom stereocenters. The summed E-state index contributed by atoms with van der Waals surface area (Å²) < 4.78 is 5.41. The predicted molar refractivity (Wildman–Crippen MR) is 93.2 cm³/mol. The number of carbonyl (C=O) groups excluding carboxylic acids is 2. The molecule has 0 saturated carbocycles. The molecule has 4 heteroatoms.